The molecule has 0 aromatic heterocycles. The van der Waals surface area contributed by atoms with Gasteiger partial charge in [0.15, 0.2) is 0 Å². The highest BCUT2D eigenvalue weighted by Gasteiger charge is 2.37. The monoisotopic (exact) mass is 529 g/mol. The molecule has 0 fully saturated rings. The van der Waals surface area contributed by atoms with Gasteiger partial charge in [-0.2, -0.15) is 0 Å². The van der Waals surface area contributed by atoms with Crippen LogP contribution in [0.2, 0.25) is 5.02 Å². The number of carbonyl (C=O) groups is 1. The van der Waals surface area contributed by atoms with Crippen LogP contribution in [0.3, 0.4) is 0 Å². The van der Waals surface area contributed by atoms with Gasteiger partial charge in [-0.05, 0) is 29.8 Å². The maximum atomic E-state index is 13.1. The molecule has 1 amide bonds. The molecule has 1 heterocycles. The Labute approximate surface area is 211 Å². The van der Waals surface area contributed by atoms with E-state index in [1.54, 1.807) is 36.2 Å². The number of hydrogen-bond acceptors (Lipinski definition) is 8. The molecule has 5 N–H and O–H groups in total. The minimum Gasteiger partial charge on any atom is -0.452 e. The van der Waals surface area contributed by atoms with Crippen LogP contribution in [-0.4, -0.2) is 56.9 Å². The fourth-order valence-corrected chi connectivity index (χ4v) is 3.51. The van der Waals surface area contributed by atoms with E-state index in [1.807, 2.05) is 0 Å². The van der Waals surface area contributed by atoms with Crippen LogP contribution < -0.4 is 31.2 Å². The first-order chi connectivity index (χ1) is 17.2. The molecule has 2 aromatic carbocycles. The van der Waals surface area contributed by atoms with Crippen LogP contribution in [0.5, 0.6) is 11.5 Å². The average Bonchev–Trinajstić information content (AvgIpc) is 3.16. The number of benzene rings is 2. The number of ether oxygens (including phenoxy) is 3. The molecule has 0 saturated carbocycles. The Morgan fingerprint density at radius 2 is 1.89 bits per heavy atom. The summed E-state index contributed by atoms with van der Waals surface area (Å²) in [5, 5.41) is 9.32. The van der Waals surface area contributed by atoms with Crippen molar-refractivity contribution in [1.82, 2.24) is 20.9 Å². The van der Waals surface area contributed by atoms with E-state index in [4.69, 9.17) is 26.8 Å². The second-order valence-corrected chi connectivity index (χ2v) is 7.96. The van der Waals surface area contributed by atoms with Crippen molar-refractivity contribution in [1.29, 1.82) is 0 Å². The summed E-state index contributed by atoms with van der Waals surface area (Å²) in [7, 11) is 1.63. The average molecular weight is 530 g/mol. The number of carbonyl (C=O) groups excluding carboxylic acids is 1. The Kier molecular flexibility index (Phi) is 9.51. The molecule has 13 heteroatoms. The zero-order valence-corrected chi connectivity index (χ0v) is 20.2. The number of rotatable bonds is 12. The van der Waals surface area contributed by atoms with Crippen molar-refractivity contribution in [3.63, 3.8) is 0 Å². The first kappa shape index (κ1) is 27.2. The molecule has 1 unspecified atom stereocenters. The number of amides is 1. The molecule has 0 saturated heterocycles. The van der Waals surface area contributed by atoms with Crippen molar-refractivity contribution in [3.05, 3.63) is 70.6 Å². The van der Waals surface area contributed by atoms with Gasteiger partial charge < -0.3 is 40.8 Å². The molecule has 1 aliphatic heterocycles. The SMILES string of the molecule is CNC1=C(C(=O)NCCOCCN)N(Cc2ccc(Cl)cc2)C(Oc2cccc(OC(F)(F)F)c2)N1. The molecule has 1 aliphatic rings. The van der Waals surface area contributed by atoms with E-state index in [0.717, 1.165) is 17.7 Å². The molecule has 36 heavy (non-hydrogen) atoms. The van der Waals surface area contributed by atoms with E-state index >= 15 is 0 Å². The highest BCUT2D eigenvalue weighted by Crippen LogP contribution is 2.29. The Morgan fingerprint density at radius 3 is 2.56 bits per heavy atom. The topological polar surface area (TPSA) is 110 Å². The summed E-state index contributed by atoms with van der Waals surface area (Å²) in [6.07, 6.45) is -5.77. The molecule has 2 aromatic rings. The van der Waals surface area contributed by atoms with Gasteiger partial charge in [0, 0.05) is 37.8 Å². The van der Waals surface area contributed by atoms with Gasteiger partial charge in [-0.25, -0.2) is 0 Å². The Morgan fingerprint density at radius 1 is 1.17 bits per heavy atom. The van der Waals surface area contributed by atoms with Crippen molar-refractivity contribution < 1.29 is 32.2 Å². The second-order valence-electron chi connectivity index (χ2n) is 7.52. The zero-order valence-electron chi connectivity index (χ0n) is 19.4. The molecular formula is C23H27ClF3N5O4. The van der Waals surface area contributed by atoms with Crippen LogP contribution >= 0.6 is 11.6 Å². The fourth-order valence-electron chi connectivity index (χ4n) is 3.39. The highest BCUT2D eigenvalue weighted by atomic mass is 35.5. The van der Waals surface area contributed by atoms with Crippen LogP contribution in [-0.2, 0) is 16.1 Å². The predicted octanol–water partition coefficient (Wildman–Crippen LogP) is 2.49. The highest BCUT2D eigenvalue weighted by molar-refractivity contribution is 6.30. The van der Waals surface area contributed by atoms with Gasteiger partial charge in [0.05, 0.1) is 13.2 Å². The maximum Gasteiger partial charge on any atom is 0.573 e. The molecule has 3 rings (SSSR count). The van der Waals surface area contributed by atoms with Crippen LogP contribution in [0.1, 0.15) is 5.56 Å². The van der Waals surface area contributed by atoms with E-state index in [-0.39, 0.29) is 31.1 Å². The largest absolute Gasteiger partial charge is 0.573 e. The Balaban J connectivity index is 1.82. The second kappa shape index (κ2) is 12.6. The maximum absolute atomic E-state index is 13.1. The molecule has 1 atom stereocenters. The molecule has 0 radical (unpaired) electrons. The van der Waals surface area contributed by atoms with Crippen molar-refractivity contribution in [3.8, 4) is 11.5 Å². The molecule has 0 aliphatic carbocycles. The van der Waals surface area contributed by atoms with Crippen molar-refractivity contribution in [2.45, 2.75) is 19.3 Å². The van der Waals surface area contributed by atoms with Crippen LogP contribution in [0.25, 0.3) is 0 Å². The van der Waals surface area contributed by atoms with E-state index in [9.17, 15) is 18.0 Å². The van der Waals surface area contributed by atoms with Crippen LogP contribution in [0.4, 0.5) is 13.2 Å². The van der Waals surface area contributed by atoms with Gasteiger partial charge in [-0.15, -0.1) is 13.2 Å². The molecule has 0 bridgehead atoms. The lowest BCUT2D eigenvalue weighted by Gasteiger charge is -2.28. The third-order valence-electron chi connectivity index (χ3n) is 4.89. The summed E-state index contributed by atoms with van der Waals surface area (Å²) < 4.78 is 53.2. The number of halogens is 4. The first-order valence-corrected chi connectivity index (χ1v) is 11.4. The van der Waals surface area contributed by atoms with E-state index < -0.39 is 24.4 Å². The van der Waals surface area contributed by atoms with Crippen molar-refractivity contribution in [2.24, 2.45) is 5.73 Å². The van der Waals surface area contributed by atoms with E-state index in [2.05, 4.69) is 20.7 Å². The summed E-state index contributed by atoms with van der Waals surface area (Å²) in [5.74, 6) is -0.364. The fraction of sp³-hybridized carbons (Fsp3) is 0.348. The Hall–Kier alpha value is -3.35. The van der Waals surface area contributed by atoms with Gasteiger partial charge in [0.25, 0.3) is 12.3 Å². The first-order valence-electron chi connectivity index (χ1n) is 11.0. The van der Waals surface area contributed by atoms with Gasteiger partial charge in [-0.3, -0.25) is 4.79 Å². The number of nitrogens with zero attached hydrogens (tertiary/aromatic N) is 1. The predicted molar refractivity (Wildman–Crippen MR) is 127 cm³/mol. The Bertz CT molecular complexity index is 1050. The lowest BCUT2D eigenvalue weighted by Crippen LogP contribution is -2.44. The minimum atomic E-state index is -4.84. The quantitative estimate of drug-likeness (QED) is 0.311. The molecule has 0 spiro atoms. The van der Waals surface area contributed by atoms with E-state index in [0.29, 0.717) is 24.0 Å². The lowest BCUT2D eigenvalue weighted by atomic mass is 10.2. The minimum absolute atomic E-state index is 0.0997. The van der Waals surface area contributed by atoms with Crippen LogP contribution in [0, 0.1) is 0 Å². The summed E-state index contributed by atoms with van der Waals surface area (Å²) >= 11 is 6.00. The normalized spacial score (nSPS) is 15.5. The van der Waals surface area contributed by atoms with E-state index in [1.165, 1.54) is 12.1 Å². The zero-order chi connectivity index (χ0) is 26.1. The summed E-state index contributed by atoms with van der Waals surface area (Å²) in [4.78, 5) is 14.8. The van der Waals surface area contributed by atoms with Gasteiger partial charge in [0.2, 0.25) is 0 Å². The van der Waals surface area contributed by atoms with Crippen molar-refractivity contribution in [2.75, 3.05) is 33.4 Å². The number of nitrogens with one attached hydrogen (secondary N) is 3. The summed E-state index contributed by atoms with van der Waals surface area (Å²) in [6, 6.07) is 12.2. The number of hydrogen-bond donors (Lipinski definition) is 4. The standard InChI is InChI=1S/C23H27ClF3N5O4/c1-29-20-19(21(33)30-10-12-34-11-9-28)32(14-15-5-7-16(24)8-6-15)22(31-20)35-17-3-2-4-18(13-17)36-23(25,26)27/h2-8,13,22,29,31H,9-12,14,28H2,1H3,(H,30,33). The number of alkyl halides is 3. The summed E-state index contributed by atoms with van der Waals surface area (Å²) in [6.45, 7) is 1.50. The lowest BCUT2D eigenvalue weighted by molar-refractivity contribution is -0.274. The smallest absolute Gasteiger partial charge is 0.452 e. The van der Waals surface area contributed by atoms with Gasteiger partial charge in [0.1, 0.15) is 23.0 Å². The van der Waals surface area contributed by atoms with Gasteiger partial charge in [-0.1, -0.05) is 29.8 Å². The molecule has 196 valence electrons. The van der Waals surface area contributed by atoms with Gasteiger partial charge >= 0.3 is 6.36 Å². The summed E-state index contributed by atoms with van der Waals surface area (Å²) in [5.41, 5.74) is 6.46. The molecule has 9 nitrogen and oxygen atoms in total. The van der Waals surface area contributed by atoms with Crippen molar-refractivity contribution >= 4 is 17.5 Å². The molecular weight excluding hydrogens is 503 g/mol. The van der Waals surface area contributed by atoms with Crippen LogP contribution in [0.15, 0.2) is 60.0 Å². The third kappa shape index (κ3) is 7.83. The number of nitrogens with two attached hydrogens (primary N) is 1. The third-order valence-corrected chi connectivity index (χ3v) is 5.14.